The number of fused-ring (bicyclic) bond motifs is 11. The molecule has 0 radical (unpaired) electrons. The summed E-state index contributed by atoms with van der Waals surface area (Å²) in [6.45, 7) is 4.61. The van der Waals surface area contributed by atoms with E-state index in [1.807, 2.05) is 6.07 Å². The van der Waals surface area contributed by atoms with Crippen LogP contribution in [0.15, 0.2) is 182 Å². The maximum atomic E-state index is 5.42. The van der Waals surface area contributed by atoms with E-state index < -0.39 is 0 Å². The van der Waals surface area contributed by atoms with E-state index in [1.54, 1.807) is 0 Å². The van der Waals surface area contributed by atoms with Gasteiger partial charge in [-0.3, -0.25) is 0 Å². The summed E-state index contributed by atoms with van der Waals surface area (Å²) >= 11 is 0. The Bertz CT molecular complexity index is 3140. The van der Waals surface area contributed by atoms with Crippen molar-refractivity contribution in [3.63, 3.8) is 0 Å². The van der Waals surface area contributed by atoms with Gasteiger partial charge in [-0.1, -0.05) is 178 Å². The highest BCUT2D eigenvalue weighted by atomic mass is 14.9. The molecule has 11 rings (SSSR count). The van der Waals surface area contributed by atoms with Crippen molar-refractivity contribution in [2.24, 2.45) is 0 Å². The Morgan fingerprint density at radius 2 is 0.855 bits per heavy atom. The van der Waals surface area contributed by atoms with Crippen LogP contribution in [0.4, 0.5) is 0 Å². The minimum Gasteiger partial charge on any atom is -0.231 e. The Hall–Kier alpha value is -6.90. The number of aromatic nitrogens is 2. The third-order valence-electron chi connectivity index (χ3n) is 11.8. The van der Waals surface area contributed by atoms with Crippen molar-refractivity contribution in [3.8, 4) is 56.0 Å². The highest BCUT2D eigenvalue weighted by Gasteiger charge is 2.40. The van der Waals surface area contributed by atoms with Gasteiger partial charge in [0, 0.05) is 22.1 Å². The average Bonchev–Trinajstić information content (AvgIpc) is 3.49. The maximum Gasteiger partial charge on any atom is 0.160 e. The van der Waals surface area contributed by atoms with Gasteiger partial charge in [-0.2, -0.15) is 0 Å². The Balaban J connectivity index is 1.08. The lowest BCUT2D eigenvalue weighted by atomic mass is 9.84. The van der Waals surface area contributed by atoms with Crippen LogP contribution in [0.3, 0.4) is 0 Å². The number of benzene rings is 9. The molecule has 2 nitrogen and oxygen atoms in total. The lowest BCUT2D eigenvalue weighted by molar-refractivity contribution is 0.636. The van der Waals surface area contributed by atoms with E-state index in [1.165, 1.54) is 70.9 Å². The van der Waals surface area contributed by atoms with Crippen molar-refractivity contribution in [3.05, 3.63) is 193 Å². The molecule has 55 heavy (non-hydrogen) atoms. The molecule has 0 N–H and O–H groups in total. The number of nitrogens with zero attached hydrogens (tertiary/aromatic N) is 2. The average molecular weight is 701 g/mol. The minimum atomic E-state index is -0.292. The van der Waals surface area contributed by atoms with Crippen LogP contribution >= 0.6 is 0 Å². The van der Waals surface area contributed by atoms with Gasteiger partial charge >= 0.3 is 0 Å². The maximum absolute atomic E-state index is 5.42. The first-order chi connectivity index (χ1) is 27.0. The van der Waals surface area contributed by atoms with Crippen LogP contribution in [0, 0.1) is 0 Å². The topological polar surface area (TPSA) is 25.8 Å². The second kappa shape index (κ2) is 12.1. The quantitative estimate of drug-likeness (QED) is 0.171. The van der Waals surface area contributed by atoms with E-state index in [-0.39, 0.29) is 5.41 Å². The fraction of sp³-hybridized carbons (Fsp3) is 0.0566. The first kappa shape index (κ1) is 31.6. The van der Waals surface area contributed by atoms with Gasteiger partial charge in [-0.15, -0.1) is 0 Å². The van der Waals surface area contributed by atoms with Crippen LogP contribution in [0.1, 0.15) is 25.1 Å². The van der Waals surface area contributed by atoms with Crippen molar-refractivity contribution in [2.75, 3.05) is 0 Å². The largest absolute Gasteiger partial charge is 0.231 e. The third-order valence-corrected chi connectivity index (χ3v) is 11.8. The number of hydrogen-bond donors (Lipinski definition) is 0. The molecule has 0 fully saturated rings. The van der Waals surface area contributed by atoms with Crippen molar-refractivity contribution in [1.82, 2.24) is 9.97 Å². The Labute approximate surface area is 320 Å². The van der Waals surface area contributed by atoms with Crippen LogP contribution in [-0.4, -0.2) is 9.97 Å². The van der Waals surface area contributed by atoms with E-state index in [4.69, 9.17) is 9.97 Å². The van der Waals surface area contributed by atoms with Gasteiger partial charge in [-0.25, -0.2) is 9.97 Å². The molecule has 10 aromatic rings. The molecule has 0 amide bonds. The van der Waals surface area contributed by atoms with Crippen molar-refractivity contribution in [2.45, 2.75) is 19.3 Å². The fourth-order valence-electron chi connectivity index (χ4n) is 9.08. The predicted octanol–water partition coefficient (Wildman–Crippen LogP) is 14.1. The first-order valence-corrected chi connectivity index (χ1v) is 19.1. The first-order valence-electron chi connectivity index (χ1n) is 19.1. The minimum absolute atomic E-state index is 0.292. The molecule has 0 unspecified atom stereocenters. The highest BCUT2D eigenvalue weighted by Crippen LogP contribution is 2.54. The van der Waals surface area contributed by atoms with Crippen LogP contribution in [0.25, 0.3) is 99.1 Å². The third kappa shape index (κ3) is 4.88. The zero-order chi connectivity index (χ0) is 36.7. The summed E-state index contributed by atoms with van der Waals surface area (Å²) in [5, 5.41) is 10.2. The molecule has 2 heteroatoms. The lowest BCUT2D eigenvalue weighted by Gasteiger charge is -2.21. The highest BCUT2D eigenvalue weighted by molar-refractivity contribution is 6.25. The molecule has 0 spiro atoms. The summed E-state index contributed by atoms with van der Waals surface area (Å²) in [5.41, 5.74) is 12.3. The summed E-state index contributed by atoms with van der Waals surface area (Å²) in [4.78, 5) is 10.8. The molecule has 258 valence electrons. The molecule has 9 aromatic carbocycles. The molecule has 1 heterocycles. The molecule has 0 aliphatic heterocycles. The molecule has 1 aromatic heterocycles. The smallest absolute Gasteiger partial charge is 0.160 e. The standard InChI is InChI=1S/C53H36N2/c1-53(2)47-29-27-33-14-6-7-21-40(33)48(47)49-50(54-52(55-51(49)53)34-15-4-3-5-16-34)39-20-13-19-37(31-39)35-17-12-18-36(30-35)38-26-28-45-43-24-9-8-22-41(43)42-23-10-11-25-44(42)46(45)32-38/h3-32H,1-2H3. The Kier molecular flexibility index (Phi) is 6.93. The van der Waals surface area contributed by atoms with Crippen molar-refractivity contribution >= 4 is 43.1 Å². The second-order valence-electron chi connectivity index (χ2n) is 15.3. The zero-order valence-electron chi connectivity index (χ0n) is 30.7. The van der Waals surface area contributed by atoms with E-state index in [2.05, 4.69) is 190 Å². The van der Waals surface area contributed by atoms with Gasteiger partial charge in [0.25, 0.3) is 0 Å². The van der Waals surface area contributed by atoms with Gasteiger partial charge in [0.05, 0.1) is 11.4 Å². The molecular formula is C53H36N2. The monoisotopic (exact) mass is 700 g/mol. The molecule has 1 aliphatic rings. The summed E-state index contributed by atoms with van der Waals surface area (Å²) in [6.07, 6.45) is 0. The van der Waals surface area contributed by atoms with Crippen LogP contribution < -0.4 is 0 Å². The molecular weight excluding hydrogens is 665 g/mol. The molecule has 0 bridgehead atoms. The summed E-state index contributed by atoms with van der Waals surface area (Å²) in [5.74, 6) is 0.753. The van der Waals surface area contributed by atoms with Crippen molar-refractivity contribution < 1.29 is 0 Å². The SMILES string of the molecule is CC1(C)c2ccc3ccccc3c2-c2c(-c3cccc(-c4cccc(-c5ccc6c7ccccc7c7ccccc7c6c5)c4)c3)nc(-c3ccccc3)nc21. The van der Waals surface area contributed by atoms with Gasteiger partial charge in [0.1, 0.15) is 0 Å². The van der Waals surface area contributed by atoms with E-state index in [0.717, 1.165) is 39.5 Å². The number of rotatable bonds is 4. The second-order valence-corrected chi connectivity index (χ2v) is 15.3. The van der Waals surface area contributed by atoms with Gasteiger partial charge in [-0.05, 0) is 94.7 Å². The van der Waals surface area contributed by atoms with Crippen LogP contribution in [-0.2, 0) is 5.41 Å². The summed E-state index contributed by atoms with van der Waals surface area (Å²) < 4.78 is 0. The molecule has 1 aliphatic carbocycles. The van der Waals surface area contributed by atoms with Gasteiger partial charge < -0.3 is 0 Å². The predicted molar refractivity (Wildman–Crippen MR) is 231 cm³/mol. The normalized spacial score (nSPS) is 13.1. The lowest BCUT2D eigenvalue weighted by Crippen LogP contribution is -2.17. The van der Waals surface area contributed by atoms with E-state index in [9.17, 15) is 0 Å². The van der Waals surface area contributed by atoms with Gasteiger partial charge in [0.15, 0.2) is 5.82 Å². The Morgan fingerprint density at radius 3 is 1.53 bits per heavy atom. The molecule has 0 atom stereocenters. The number of hydrogen-bond acceptors (Lipinski definition) is 2. The summed E-state index contributed by atoms with van der Waals surface area (Å²) in [6, 6.07) is 66.0. The fourth-order valence-corrected chi connectivity index (χ4v) is 9.08. The zero-order valence-corrected chi connectivity index (χ0v) is 30.7. The van der Waals surface area contributed by atoms with E-state index >= 15 is 0 Å². The Morgan fingerprint density at radius 1 is 0.345 bits per heavy atom. The molecule has 0 saturated heterocycles. The van der Waals surface area contributed by atoms with E-state index in [0.29, 0.717) is 0 Å². The molecule has 0 saturated carbocycles. The van der Waals surface area contributed by atoms with Crippen molar-refractivity contribution in [1.29, 1.82) is 0 Å². The van der Waals surface area contributed by atoms with Crippen LogP contribution in [0.5, 0.6) is 0 Å². The van der Waals surface area contributed by atoms with Gasteiger partial charge in [0.2, 0.25) is 0 Å². The van der Waals surface area contributed by atoms with Crippen LogP contribution in [0.2, 0.25) is 0 Å². The summed E-state index contributed by atoms with van der Waals surface area (Å²) in [7, 11) is 0.